The molecule has 0 bridgehead atoms. The highest BCUT2D eigenvalue weighted by Crippen LogP contribution is 2.37. The van der Waals surface area contributed by atoms with Gasteiger partial charge in [-0.05, 0) is 72.4 Å². The van der Waals surface area contributed by atoms with Crippen LogP contribution in [0.4, 0.5) is 0 Å². The third-order valence-corrected chi connectivity index (χ3v) is 6.63. The van der Waals surface area contributed by atoms with Gasteiger partial charge in [-0.1, -0.05) is 31.4 Å². The molecule has 0 N–H and O–H groups in total. The fraction of sp³-hybridized carbons (Fsp3) is 0.407. The van der Waals surface area contributed by atoms with E-state index in [-0.39, 0.29) is 24.7 Å². The van der Waals surface area contributed by atoms with Crippen molar-refractivity contribution in [3.63, 3.8) is 0 Å². The smallest absolute Gasteiger partial charge is 0.344 e. The molecule has 3 aromatic rings. The molecule has 4 rings (SSSR count). The highest BCUT2D eigenvalue weighted by atomic mass is 79.9. The predicted octanol–water partition coefficient (Wildman–Crippen LogP) is 5.43. The second-order valence-corrected chi connectivity index (χ2v) is 9.39. The van der Waals surface area contributed by atoms with Crippen LogP contribution in [0.15, 0.2) is 50.8 Å². The lowest BCUT2D eigenvalue weighted by Crippen LogP contribution is -2.25. The van der Waals surface area contributed by atoms with Crippen LogP contribution in [0.1, 0.15) is 63.3 Å². The van der Waals surface area contributed by atoms with E-state index in [4.69, 9.17) is 19.2 Å². The summed E-state index contributed by atoms with van der Waals surface area (Å²) in [4.78, 5) is 30.0. The van der Waals surface area contributed by atoms with Gasteiger partial charge in [0.2, 0.25) is 0 Å². The van der Waals surface area contributed by atoms with Crippen LogP contribution >= 0.6 is 15.9 Å². The Hall–Kier alpha value is -3.20. The first kappa shape index (κ1) is 25.9. The van der Waals surface area contributed by atoms with E-state index < -0.39 is 5.97 Å². The number of hydrogen-bond donors (Lipinski definition) is 0. The van der Waals surface area contributed by atoms with Crippen LogP contribution in [0.5, 0.6) is 11.5 Å². The van der Waals surface area contributed by atoms with Gasteiger partial charge in [-0.2, -0.15) is 9.78 Å². The summed E-state index contributed by atoms with van der Waals surface area (Å²) in [5, 5.41) is 5.13. The van der Waals surface area contributed by atoms with Gasteiger partial charge in [-0.25, -0.2) is 9.78 Å². The average Bonchev–Trinajstić information content (AvgIpc) is 2.88. The first-order valence-electron chi connectivity index (χ1n) is 12.3. The lowest BCUT2D eigenvalue weighted by molar-refractivity contribution is -0.145. The molecule has 0 amide bonds. The van der Waals surface area contributed by atoms with E-state index in [1.165, 1.54) is 11.1 Å². The molecule has 0 atom stereocenters. The van der Waals surface area contributed by atoms with Gasteiger partial charge in [0, 0.05) is 5.92 Å². The van der Waals surface area contributed by atoms with Crippen molar-refractivity contribution < 1.29 is 19.0 Å². The van der Waals surface area contributed by atoms with Crippen molar-refractivity contribution in [3.8, 4) is 11.5 Å². The Morgan fingerprint density at radius 3 is 2.67 bits per heavy atom. The van der Waals surface area contributed by atoms with Gasteiger partial charge < -0.3 is 14.2 Å². The number of aromatic nitrogens is 2. The van der Waals surface area contributed by atoms with Crippen LogP contribution in [0.25, 0.3) is 10.9 Å². The number of nitrogens with zero attached hydrogens (tertiary/aromatic N) is 3. The topological polar surface area (TPSA) is 92.0 Å². The highest BCUT2D eigenvalue weighted by molar-refractivity contribution is 9.10. The molecule has 0 radical (unpaired) electrons. The van der Waals surface area contributed by atoms with E-state index in [1.807, 2.05) is 25.1 Å². The summed E-state index contributed by atoms with van der Waals surface area (Å²) in [6.07, 6.45) is 7.05. The Balaban J connectivity index is 1.71. The van der Waals surface area contributed by atoms with Crippen molar-refractivity contribution in [2.45, 2.75) is 51.9 Å². The van der Waals surface area contributed by atoms with E-state index in [1.54, 1.807) is 31.3 Å². The summed E-state index contributed by atoms with van der Waals surface area (Å²) >= 11 is 3.51. The number of rotatable bonds is 9. The van der Waals surface area contributed by atoms with Crippen molar-refractivity contribution >= 4 is 39.0 Å². The Morgan fingerprint density at radius 2 is 1.92 bits per heavy atom. The molecule has 1 aromatic heterocycles. The van der Waals surface area contributed by atoms with Crippen LogP contribution in [-0.4, -0.2) is 41.7 Å². The minimum Gasteiger partial charge on any atom is -0.490 e. The summed E-state index contributed by atoms with van der Waals surface area (Å²) < 4.78 is 18.4. The molecule has 190 valence electrons. The van der Waals surface area contributed by atoms with Gasteiger partial charge in [-0.15, -0.1) is 0 Å². The van der Waals surface area contributed by atoms with E-state index in [0.29, 0.717) is 44.9 Å². The van der Waals surface area contributed by atoms with E-state index >= 15 is 0 Å². The third kappa shape index (κ3) is 5.95. The number of carbonyl (C=O) groups excluding carboxylic acids is 1. The van der Waals surface area contributed by atoms with Crippen molar-refractivity contribution in [3.05, 3.63) is 62.6 Å². The maximum atomic E-state index is 13.4. The summed E-state index contributed by atoms with van der Waals surface area (Å²) in [5.74, 6) is 1.28. The van der Waals surface area contributed by atoms with Crippen molar-refractivity contribution in [2.75, 3.05) is 19.8 Å². The monoisotopic (exact) mass is 555 g/mol. The Morgan fingerprint density at radius 1 is 1.14 bits per heavy atom. The number of ether oxygens (including phenoxy) is 3. The van der Waals surface area contributed by atoms with Gasteiger partial charge in [-0.3, -0.25) is 4.79 Å². The molecule has 8 nitrogen and oxygen atoms in total. The van der Waals surface area contributed by atoms with Gasteiger partial charge >= 0.3 is 5.97 Å². The predicted molar refractivity (Wildman–Crippen MR) is 142 cm³/mol. The molecule has 1 heterocycles. The van der Waals surface area contributed by atoms with E-state index in [0.717, 1.165) is 25.7 Å². The van der Waals surface area contributed by atoms with Crippen LogP contribution in [0, 0.1) is 0 Å². The molecular formula is C27H30BrN3O5. The molecule has 0 aliphatic heterocycles. The fourth-order valence-electron chi connectivity index (χ4n) is 4.40. The largest absolute Gasteiger partial charge is 0.490 e. The number of carbonyl (C=O) groups is 1. The second-order valence-electron chi connectivity index (χ2n) is 8.54. The third-order valence-electron chi connectivity index (χ3n) is 6.04. The Labute approximate surface area is 218 Å². The minimum atomic E-state index is -0.462. The average molecular weight is 556 g/mol. The zero-order chi connectivity index (χ0) is 25.5. The fourth-order valence-corrected chi connectivity index (χ4v) is 4.98. The maximum absolute atomic E-state index is 13.4. The number of para-hydroxylation sites is 1. The number of hydrogen-bond acceptors (Lipinski definition) is 7. The highest BCUT2D eigenvalue weighted by Gasteiger charge is 2.22. The standard InChI is InChI=1S/C27H30BrN3O5/c1-3-34-23-15-18(14-21(28)25(23)36-17-24(32)35-4-2)16-29-31-26(19-10-6-5-7-11-19)30-22-13-9-8-12-20(22)27(31)33/h8-9,12-16,19H,3-7,10-11,17H2,1-2H3. The number of benzene rings is 2. The molecular weight excluding hydrogens is 526 g/mol. The quantitative estimate of drug-likeness (QED) is 0.258. The molecule has 0 spiro atoms. The van der Waals surface area contributed by atoms with Crippen LogP contribution in [0.3, 0.4) is 0 Å². The number of halogens is 1. The van der Waals surface area contributed by atoms with Crippen molar-refractivity contribution in [2.24, 2.45) is 5.10 Å². The molecule has 0 saturated heterocycles. The SMILES string of the molecule is CCOC(=O)COc1c(Br)cc(C=Nn2c(C3CCCCC3)nc3ccccc3c2=O)cc1OCC. The van der Waals surface area contributed by atoms with Crippen molar-refractivity contribution in [1.29, 1.82) is 0 Å². The van der Waals surface area contributed by atoms with Gasteiger partial charge in [0.25, 0.3) is 5.56 Å². The van der Waals surface area contributed by atoms with Crippen LogP contribution in [0.2, 0.25) is 0 Å². The first-order chi connectivity index (χ1) is 17.5. The molecule has 1 aliphatic rings. The zero-order valence-corrected chi connectivity index (χ0v) is 22.1. The zero-order valence-electron chi connectivity index (χ0n) is 20.5. The van der Waals surface area contributed by atoms with Gasteiger partial charge in [0.1, 0.15) is 5.82 Å². The molecule has 2 aromatic carbocycles. The lowest BCUT2D eigenvalue weighted by atomic mass is 9.88. The first-order valence-corrected chi connectivity index (χ1v) is 13.1. The minimum absolute atomic E-state index is 0.184. The molecule has 1 fully saturated rings. The van der Waals surface area contributed by atoms with Crippen LogP contribution in [-0.2, 0) is 9.53 Å². The second kappa shape index (κ2) is 12.2. The molecule has 36 heavy (non-hydrogen) atoms. The Kier molecular flexibility index (Phi) is 8.74. The lowest BCUT2D eigenvalue weighted by Gasteiger charge is -2.22. The number of esters is 1. The molecule has 9 heteroatoms. The van der Waals surface area contributed by atoms with Gasteiger partial charge in [0.05, 0.1) is 34.8 Å². The van der Waals surface area contributed by atoms with Crippen LogP contribution < -0.4 is 15.0 Å². The maximum Gasteiger partial charge on any atom is 0.344 e. The van der Waals surface area contributed by atoms with Gasteiger partial charge in [0.15, 0.2) is 18.1 Å². The number of fused-ring (bicyclic) bond motifs is 1. The molecule has 1 saturated carbocycles. The normalized spacial score (nSPS) is 14.3. The van der Waals surface area contributed by atoms with Crippen molar-refractivity contribution in [1.82, 2.24) is 9.66 Å². The summed E-state index contributed by atoms with van der Waals surface area (Å²) in [5.41, 5.74) is 1.21. The summed E-state index contributed by atoms with van der Waals surface area (Å²) in [6, 6.07) is 10.9. The molecule has 0 unspecified atom stereocenters. The van der Waals surface area contributed by atoms with E-state index in [2.05, 4.69) is 21.0 Å². The summed E-state index contributed by atoms with van der Waals surface area (Å²) in [6.45, 7) is 4.05. The summed E-state index contributed by atoms with van der Waals surface area (Å²) in [7, 11) is 0. The molecule has 1 aliphatic carbocycles. The Bertz CT molecular complexity index is 1310. The van der Waals surface area contributed by atoms with E-state index in [9.17, 15) is 9.59 Å².